The molecule has 31 heavy (non-hydrogen) atoms. The molecule has 6 nitrogen and oxygen atoms in total. The molecule has 1 aromatic heterocycles. The van der Waals surface area contributed by atoms with Crippen LogP contribution in [0, 0.1) is 6.92 Å². The molecule has 1 fully saturated rings. The van der Waals surface area contributed by atoms with Crippen LogP contribution in [0.5, 0.6) is 0 Å². The summed E-state index contributed by atoms with van der Waals surface area (Å²) < 4.78 is 0. The second-order valence-corrected chi connectivity index (χ2v) is 8.27. The van der Waals surface area contributed by atoms with E-state index in [0.29, 0.717) is 6.42 Å². The van der Waals surface area contributed by atoms with Crippen LogP contribution in [0.1, 0.15) is 17.5 Å². The molecule has 0 aliphatic carbocycles. The lowest BCUT2D eigenvalue weighted by atomic mass is 10.0. The highest BCUT2D eigenvalue weighted by Crippen LogP contribution is 2.27. The molecule has 7 heteroatoms. The first-order valence-corrected chi connectivity index (χ1v) is 11.4. The van der Waals surface area contributed by atoms with E-state index < -0.39 is 0 Å². The molecule has 2 N–H and O–H groups in total. The van der Waals surface area contributed by atoms with Crippen LogP contribution in [-0.2, 0) is 16.1 Å². The van der Waals surface area contributed by atoms with Crippen molar-refractivity contribution in [3.05, 3.63) is 59.7 Å². The van der Waals surface area contributed by atoms with E-state index in [1.165, 1.54) is 21.4 Å². The highest BCUT2D eigenvalue weighted by atomic mass is 32.2. The second kappa shape index (κ2) is 10.9. The van der Waals surface area contributed by atoms with Gasteiger partial charge in [-0.25, -0.2) is 4.98 Å². The molecule has 0 spiro atoms. The van der Waals surface area contributed by atoms with Gasteiger partial charge < -0.3 is 10.4 Å². The standard InChI is InChI=1S/C23H25N3OS.CH2O2/c1-16-13-21(25-22-14-19(28-2)7-8-20(16)22)18-5-3-17(4-6-18)15-26-11-9-23(27)24-10-12-26;2-1-3/h3-8,13-14H,9-12,15H2,1-2H3,(H,24,27);1H,(H,2,3). The number of pyridine rings is 1. The van der Waals surface area contributed by atoms with E-state index in [4.69, 9.17) is 14.9 Å². The minimum absolute atomic E-state index is 0.153. The number of nitrogens with zero attached hydrogens (tertiary/aromatic N) is 2. The maximum absolute atomic E-state index is 11.5. The van der Waals surface area contributed by atoms with Crippen molar-refractivity contribution in [2.24, 2.45) is 0 Å². The van der Waals surface area contributed by atoms with Gasteiger partial charge in [-0.2, -0.15) is 0 Å². The molecular weight excluding hydrogens is 410 g/mol. The fourth-order valence-corrected chi connectivity index (χ4v) is 4.10. The minimum Gasteiger partial charge on any atom is -0.483 e. The summed E-state index contributed by atoms with van der Waals surface area (Å²) in [5.74, 6) is 0.153. The Balaban J connectivity index is 0.000000858. The summed E-state index contributed by atoms with van der Waals surface area (Å²) >= 11 is 1.74. The molecule has 1 aliphatic heterocycles. The summed E-state index contributed by atoms with van der Waals surface area (Å²) in [5.41, 5.74) is 5.71. The van der Waals surface area contributed by atoms with Crippen molar-refractivity contribution < 1.29 is 14.7 Å². The number of hydrogen-bond donors (Lipinski definition) is 2. The Bertz CT molecular complexity index is 1050. The van der Waals surface area contributed by atoms with Crippen molar-refractivity contribution in [1.29, 1.82) is 0 Å². The minimum atomic E-state index is -0.250. The Morgan fingerprint density at radius 3 is 2.61 bits per heavy atom. The molecule has 4 rings (SSSR count). The first-order valence-electron chi connectivity index (χ1n) is 10.2. The zero-order valence-electron chi connectivity index (χ0n) is 17.8. The molecule has 0 atom stereocenters. The normalized spacial score (nSPS) is 14.3. The van der Waals surface area contributed by atoms with Gasteiger partial charge in [0.2, 0.25) is 5.91 Å². The summed E-state index contributed by atoms with van der Waals surface area (Å²) in [6.07, 6.45) is 2.67. The lowest BCUT2D eigenvalue weighted by Gasteiger charge is -2.19. The van der Waals surface area contributed by atoms with Gasteiger partial charge in [-0.05, 0) is 42.5 Å². The number of benzene rings is 2. The largest absolute Gasteiger partial charge is 0.483 e. The van der Waals surface area contributed by atoms with Crippen LogP contribution in [0.4, 0.5) is 0 Å². The molecule has 1 aliphatic rings. The zero-order valence-corrected chi connectivity index (χ0v) is 18.6. The first kappa shape index (κ1) is 22.8. The Labute approximate surface area is 186 Å². The maximum atomic E-state index is 11.5. The van der Waals surface area contributed by atoms with Gasteiger partial charge in [-0.15, -0.1) is 11.8 Å². The van der Waals surface area contributed by atoms with E-state index in [1.807, 2.05) is 0 Å². The molecule has 2 heterocycles. The van der Waals surface area contributed by atoms with Gasteiger partial charge in [0.15, 0.2) is 0 Å². The van der Waals surface area contributed by atoms with Gasteiger partial charge >= 0.3 is 0 Å². The predicted molar refractivity (Wildman–Crippen MR) is 125 cm³/mol. The number of carbonyl (C=O) groups excluding carboxylic acids is 1. The molecule has 1 saturated heterocycles. The number of fused-ring (bicyclic) bond motifs is 1. The molecular formula is C24H27N3O3S. The molecule has 0 bridgehead atoms. The molecule has 2 aromatic carbocycles. The maximum Gasteiger partial charge on any atom is 0.290 e. The zero-order chi connectivity index (χ0) is 22.2. The smallest absolute Gasteiger partial charge is 0.290 e. The monoisotopic (exact) mass is 437 g/mol. The van der Waals surface area contributed by atoms with Gasteiger partial charge in [0, 0.05) is 48.4 Å². The van der Waals surface area contributed by atoms with E-state index in [1.54, 1.807) is 11.8 Å². The van der Waals surface area contributed by atoms with Gasteiger partial charge in [0.05, 0.1) is 11.2 Å². The number of nitrogens with one attached hydrogen (secondary N) is 1. The van der Waals surface area contributed by atoms with Gasteiger partial charge in [0.1, 0.15) is 0 Å². The SMILES string of the molecule is CSc1ccc2c(C)cc(-c3ccc(CN4CCNC(=O)CC4)cc3)nc2c1.O=CO. The lowest BCUT2D eigenvalue weighted by molar-refractivity contribution is -0.123. The number of aromatic nitrogens is 1. The van der Waals surface area contributed by atoms with Crippen LogP contribution in [0.15, 0.2) is 53.4 Å². The first-order chi connectivity index (χ1) is 15.0. The summed E-state index contributed by atoms with van der Waals surface area (Å²) in [6, 6.07) is 17.3. The Morgan fingerprint density at radius 2 is 1.90 bits per heavy atom. The number of aryl methyl sites for hydroxylation is 1. The number of rotatable bonds is 4. The average Bonchev–Trinajstić information content (AvgIpc) is 2.98. The topological polar surface area (TPSA) is 82.5 Å². The highest BCUT2D eigenvalue weighted by Gasteiger charge is 2.13. The van der Waals surface area contributed by atoms with Crippen molar-refractivity contribution >= 4 is 35.0 Å². The van der Waals surface area contributed by atoms with E-state index in [2.05, 4.69) is 71.9 Å². The number of amides is 1. The Morgan fingerprint density at radius 1 is 1.16 bits per heavy atom. The average molecular weight is 438 g/mol. The number of carboxylic acid groups (broad SMARTS) is 1. The van der Waals surface area contributed by atoms with E-state index in [0.717, 1.165) is 43.0 Å². The third kappa shape index (κ3) is 6.06. The third-order valence-corrected chi connectivity index (χ3v) is 6.01. The number of carbonyl (C=O) groups is 2. The fourth-order valence-electron chi connectivity index (χ4n) is 3.67. The molecule has 0 saturated carbocycles. The van der Waals surface area contributed by atoms with Crippen LogP contribution in [0.2, 0.25) is 0 Å². The van der Waals surface area contributed by atoms with Gasteiger partial charge in [0.25, 0.3) is 6.47 Å². The quantitative estimate of drug-likeness (QED) is 0.475. The summed E-state index contributed by atoms with van der Waals surface area (Å²) in [4.78, 5) is 28.3. The fraction of sp³-hybridized carbons (Fsp3) is 0.292. The summed E-state index contributed by atoms with van der Waals surface area (Å²) in [5, 5.41) is 11.0. The highest BCUT2D eigenvalue weighted by molar-refractivity contribution is 7.98. The molecule has 1 amide bonds. The lowest BCUT2D eigenvalue weighted by Crippen LogP contribution is -2.28. The van der Waals surface area contributed by atoms with Crippen molar-refractivity contribution in [2.75, 3.05) is 25.9 Å². The van der Waals surface area contributed by atoms with E-state index >= 15 is 0 Å². The van der Waals surface area contributed by atoms with Crippen molar-refractivity contribution in [3.8, 4) is 11.3 Å². The van der Waals surface area contributed by atoms with Crippen LogP contribution in [-0.4, -0.2) is 53.3 Å². The van der Waals surface area contributed by atoms with Crippen molar-refractivity contribution in [3.63, 3.8) is 0 Å². The van der Waals surface area contributed by atoms with Gasteiger partial charge in [-0.1, -0.05) is 30.3 Å². The number of thioether (sulfide) groups is 1. The van der Waals surface area contributed by atoms with E-state index in [-0.39, 0.29) is 12.4 Å². The Kier molecular flexibility index (Phi) is 8.03. The molecule has 0 unspecified atom stereocenters. The van der Waals surface area contributed by atoms with E-state index in [9.17, 15) is 4.79 Å². The van der Waals surface area contributed by atoms with Gasteiger partial charge in [-0.3, -0.25) is 14.5 Å². The predicted octanol–water partition coefficient (Wildman–Crippen LogP) is 3.95. The van der Waals surface area contributed by atoms with Crippen LogP contribution < -0.4 is 5.32 Å². The summed E-state index contributed by atoms with van der Waals surface area (Å²) in [7, 11) is 0. The second-order valence-electron chi connectivity index (χ2n) is 7.39. The molecule has 3 aromatic rings. The number of hydrogen-bond acceptors (Lipinski definition) is 5. The van der Waals surface area contributed by atoms with Crippen molar-refractivity contribution in [2.45, 2.75) is 24.8 Å². The Hall–Kier alpha value is -2.90. The third-order valence-electron chi connectivity index (χ3n) is 5.29. The summed E-state index contributed by atoms with van der Waals surface area (Å²) in [6.45, 7) is 5.22. The molecule has 162 valence electrons. The van der Waals surface area contributed by atoms with Crippen molar-refractivity contribution in [1.82, 2.24) is 15.2 Å². The molecule has 0 radical (unpaired) electrons. The van der Waals surface area contributed by atoms with Crippen LogP contribution >= 0.6 is 11.8 Å². The van der Waals surface area contributed by atoms with Crippen LogP contribution in [0.25, 0.3) is 22.2 Å². The van der Waals surface area contributed by atoms with Crippen LogP contribution in [0.3, 0.4) is 0 Å².